The number of rotatable bonds is 3. The Hall–Kier alpha value is -0.480. The molecule has 0 unspecified atom stereocenters. The van der Waals surface area contributed by atoms with Crippen LogP contribution in [0.1, 0.15) is 11.6 Å². The number of benzene rings is 1. The van der Waals surface area contributed by atoms with E-state index in [-0.39, 0.29) is 19.0 Å². The molecule has 5 heteroatoms. The zero-order chi connectivity index (χ0) is 9.84. The number of methoxy groups -OCH3 is 1. The van der Waals surface area contributed by atoms with E-state index >= 15 is 0 Å². The van der Waals surface area contributed by atoms with Crippen LogP contribution in [-0.4, -0.2) is 18.8 Å². The molecule has 0 aromatic heterocycles. The summed E-state index contributed by atoms with van der Waals surface area (Å²) in [5.74, 6) is 0.644. The zero-order valence-corrected chi connectivity index (χ0v) is 9.31. The Bertz CT molecular complexity index is 294. The average molecular weight is 238 g/mol. The Morgan fingerprint density at radius 3 is 2.71 bits per heavy atom. The topological polar surface area (TPSA) is 55.5 Å². The minimum absolute atomic E-state index is 0. The first kappa shape index (κ1) is 13.5. The smallest absolute Gasteiger partial charge is 0.123 e. The Kier molecular flexibility index (Phi) is 5.88. The first-order valence-electron chi connectivity index (χ1n) is 3.89. The Balaban J connectivity index is 0.00000169. The highest BCUT2D eigenvalue weighted by molar-refractivity contribution is 6.30. The van der Waals surface area contributed by atoms with Gasteiger partial charge in [0.1, 0.15) is 5.75 Å². The van der Waals surface area contributed by atoms with Crippen LogP contribution >= 0.6 is 24.0 Å². The molecule has 0 spiro atoms. The van der Waals surface area contributed by atoms with Crippen molar-refractivity contribution in [3.8, 4) is 5.75 Å². The van der Waals surface area contributed by atoms with Crippen LogP contribution in [0.15, 0.2) is 18.2 Å². The Morgan fingerprint density at radius 1 is 1.57 bits per heavy atom. The van der Waals surface area contributed by atoms with Gasteiger partial charge in [-0.3, -0.25) is 0 Å². The molecular formula is C9H13Cl2NO2. The number of ether oxygens (including phenoxy) is 1. The van der Waals surface area contributed by atoms with Gasteiger partial charge in [-0.2, -0.15) is 0 Å². The highest BCUT2D eigenvalue weighted by atomic mass is 35.5. The summed E-state index contributed by atoms with van der Waals surface area (Å²) >= 11 is 5.78. The fraction of sp³-hybridized carbons (Fsp3) is 0.333. The van der Waals surface area contributed by atoms with Gasteiger partial charge in [-0.15, -0.1) is 12.4 Å². The molecular weight excluding hydrogens is 225 g/mol. The van der Waals surface area contributed by atoms with Crippen LogP contribution in [0.25, 0.3) is 0 Å². The number of hydrogen-bond acceptors (Lipinski definition) is 3. The molecule has 0 saturated carbocycles. The predicted octanol–water partition coefficient (Wildman–Crippen LogP) is 1.76. The predicted molar refractivity (Wildman–Crippen MR) is 59.3 cm³/mol. The maximum absolute atomic E-state index is 8.88. The summed E-state index contributed by atoms with van der Waals surface area (Å²) in [7, 11) is 1.55. The molecule has 1 rings (SSSR count). The maximum Gasteiger partial charge on any atom is 0.123 e. The van der Waals surface area contributed by atoms with E-state index in [2.05, 4.69) is 0 Å². The van der Waals surface area contributed by atoms with Gasteiger partial charge in [-0.25, -0.2) is 0 Å². The van der Waals surface area contributed by atoms with Gasteiger partial charge in [0.2, 0.25) is 0 Å². The molecule has 0 bridgehead atoms. The standard InChI is InChI=1S/C9H12ClNO2.ClH/c1-13-9-3-2-6(10)4-7(9)8(11)5-12;/h2-4,8,12H,5,11H2,1H3;1H/t8-;/m0./s1. The van der Waals surface area contributed by atoms with Crippen molar-refractivity contribution in [3.05, 3.63) is 28.8 Å². The van der Waals surface area contributed by atoms with Gasteiger partial charge in [0.15, 0.2) is 0 Å². The van der Waals surface area contributed by atoms with Crippen LogP contribution in [0, 0.1) is 0 Å². The largest absolute Gasteiger partial charge is 0.496 e. The lowest BCUT2D eigenvalue weighted by atomic mass is 10.1. The molecule has 0 radical (unpaired) electrons. The highest BCUT2D eigenvalue weighted by Crippen LogP contribution is 2.26. The van der Waals surface area contributed by atoms with E-state index in [1.54, 1.807) is 25.3 Å². The third-order valence-corrected chi connectivity index (χ3v) is 2.02. The Labute approximate surface area is 94.2 Å². The molecule has 0 amide bonds. The fourth-order valence-corrected chi connectivity index (χ4v) is 1.27. The van der Waals surface area contributed by atoms with Crippen LogP contribution in [0.2, 0.25) is 5.02 Å². The third-order valence-electron chi connectivity index (χ3n) is 1.79. The molecule has 3 nitrogen and oxygen atoms in total. The average Bonchev–Trinajstić information content (AvgIpc) is 2.16. The van der Waals surface area contributed by atoms with E-state index in [0.29, 0.717) is 10.8 Å². The molecule has 0 heterocycles. The summed E-state index contributed by atoms with van der Waals surface area (Å²) in [5, 5.41) is 9.46. The summed E-state index contributed by atoms with van der Waals surface area (Å²) < 4.78 is 5.07. The van der Waals surface area contributed by atoms with Gasteiger partial charge >= 0.3 is 0 Å². The summed E-state index contributed by atoms with van der Waals surface area (Å²) in [6.45, 7) is -0.128. The molecule has 0 fully saturated rings. The summed E-state index contributed by atoms with van der Waals surface area (Å²) in [4.78, 5) is 0. The Morgan fingerprint density at radius 2 is 2.21 bits per heavy atom. The van der Waals surface area contributed by atoms with Crippen molar-refractivity contribution in [1.82, 2.24) is 0 Å². The van der Waals surface area contributed by atoms with E-state index in [0.717, 1.165) is 5.56 Å². The number of halogens is 2. The first-order valence-corrected chi connectivity index (χ1v) is 4.26. The van der Waals surface area contributed by atoms with E-state index < -0.39 is 6.04 Å². The van der Waals surface area contributed by atoms with Crippen molar-refractivity contribution in [2.75, 3.05) is 13.7 Å². The third kappa shape index (κ3) is 3.03. The van der Waals surface area contributed by atoms with Gasteiger partial charge < -0.3 is 15.6 Å². The first-order chi connectivity index (χ1) is 6.19. The second kappa shape index (κ2) is 6.09. The maximum atomic E-state index is 8.88. The number of hydrogen-bond donors (Lipinski definition) is 2. The van der Waals surface area contributed by atoms with Crippen molar-refractivity contribution < 1.29 is 9.84 Å². The molecule has 14 heavy (non-hydrogen) atoms. The number of nitrogens with two attached hydrogens (primary N) is 1. The van der Waals surface area contributed by atoms with Gasteiger partial charge in [-0.05, 0) is 18.2 Å². The van der Waals surface area contributed by atoms with E-state index in [9.17, 15) is 0 Å². The molecule has 80 valence electrons. The van der Waals surface area contributed by atoms with Gasteiger partial charge in [0, 0.05) is 10.6 Å². The molecule has 1 aromatic carbocycles. The van der Waals surface area contributed by atoms with Crippen molar-refractivity contribution in [2.24, 2.45) is 5.73 Å². The van der Waals surface area contributed by atoms with E-state index in [1.807, 2.05) is 0 Å². The van der Waals surface area contributed by atoms with Crippen LogP contribution in [-0.2, 0) is 0 Å². The molecule has 3 N–H and O–H groups in total. The number of aliphatic hydroxyl groups is 1. The lowest BCUT2D eigenvalue weighted by Crippen LogP contribution is -2.15. The summed E-state index contributed by atoms with van der Waals surface area (Å²) in [6, 6.07) is 4.69. The van der Waals surface area contributed by atoms with Crippen molar-refractivity contribution in [3.63, 3.8) is 0 Å². The second-order valence-corrected chi connectivity index (χ2v) is 3.11. The second-order valence-electron chi connectivity index (χ2n) is 2.68. The monoisotopic (exact) mass is 237 g/mol. The summed E-state index contributed by atoms with van der Waals surface area (Å²) in [5.41, 5.74) is 6.37. The SMILES string of the molecule is COc1ccc(Cl)cc1[C@@H](N)CO.Cl. The lowest BCUT2D eigenvalue weighted by Gasteiger charge is -2.13. The van der Waals surface area contributed by atoms with Crippen LogP contribution in [0.3, 0.4) is 0 Å². The molecule has 1 aromatic rings. The normalized spacial score (nSPS) is 11.7. The molecule has 0 saturated heterocycles. The van der Waals surface area contributed by atoms with E-state index in [4.69, 9.17) is 27.2 Å². The van der Waals surface area contributed by atoms with Crippen LogP contribution in [0.4, 0.5) is 0 Å². The molecule has 0 aliphatic carbocycles. The van der Waals surface area contributed by atoms with Crippen molar-refractivity contribution in [1.29, 1.82) is 0 Å². The summed E-state index contributed by atoms with van der Waals surface area (Å²) in [6.07, 6.45) is 0. The quantitative estimate of drug-likeness (QED) is 0.843. The highest BCUT2D eigenvalue weighted by Gasteiger charge is 2.10. The van der Waals surface area contributed by atoms with Crippen LogP contribution in [0.5, 0.6) is 5.75 Å². The number of aliphatic hydroxyl groups excluding tert-OH is 1. The lowest BCUT2D eigenvalue weighted by molar-refractivity contribution is 0.264. The fourth-order valence-electron chi connectivity index (χ4n) is 1.09. The minimum Gasteiger partial charge on any atom is -0.496 e. The molecule has 0 aliphatic heterocycles. The van der Waals surface area contributed by atoms with Gasteiger partial charge in [-0.1, -0.05) is 11.6 Å². The van der Waals surface area contributed by atoms with Gasteiger partial charge in [0.05, 0.1) is 19.8 Å². The van der Waals surface area contributed by atoms with Crippen molar-refractivity contribution in [2.45, 2.75) is 6.04 Å². The van der Waals surface area contributed by atoms with Crippen LogP contribution < -0.4 is 10.5 Å². The molecule has 1 atom stereocenters. The molecule has 0 aliphatic rings. The van der Waals surface area contributed by atoms with Crippen molar-refractivity contribution >= 4 is 24.0 Å². The van der Waals surface area contributed by atoms with Gasteiger partial charge in [0.25, 0.3) is 0 Å². The zero-order valence-electron chi connectivity index (χ0n) is 7.74. The minimum atomic E-state index is -0.450. The van der Waals surface area contributed by atoms with E-state index in [1.165, 1.54) is 0 Å².